The van der Waals surface area contributed by atoms with Crippen LogP contribution in [0.25, 0.3) is 0 Å². The summed E-state index contributed by atoms with van der Waals surface area (Å²) in [4.78, 5) is 8.45. The van der Waals surface area contributed by atoms with Crippen LogP contribution in [0.15, 0.2) is 34.2 Å². The third-order valence-electron chi connectivity index (χ3n) is 2.89. The van der Waals surface area contributed by atoms with E-state index in [1.807, 2.05) is 11.8 Å². The number of thioether (sulfide) groups is 1. The molecule has 1 aromatic carbocycles. The molecular formula is C12H14N2S. The molecular weight excluding hydrogens is 204 g/mol. The summed E-state index contributed by atoms with van der Waals surface area (Å²) >= 11 is 1.83. The highest BCUT2D eigenvalue weighted by Crippen LogP contribution is 2.32. The van der Waals surface area contributed by atoms with Gasteiger partial charge in [0.2, 0.25) is 0 Å². The third kappa shape index (κ3) is 1.76. The van der Waals surface area contributed by atoms with Crippen LogP contribution in [0.3, 0.4) is 0 Å². The lowest BCUT2D eigenvalue weighted by Gasteiger charge is -2.29. The van der Waals surface area contributed by atoms with Gasteiger partial charge < -0.3 is 4.90 Å². The standard InChI is InChI=1S/C12H14N2S/c1-2-6-11-10(5-1)9-14-8-4-3-7-13-12(14)15-11/h1-2,5-6H,3-4,7-9H2. The number of hydrogen-bond donors (Lipinski definition) is 0. The summed E-state index contributed by atoms with van der Waals surface area (Å²) in [6.07, 6.45) is 2.51. The normalized spacial score (nSPS) is 20.0. The molecule has 0 radical (unpaired) electrons. The molecule has 2 aliphatic rings. The van der Waals surface area contributed by atoms with Gasteiger partial charge in [-0.3, -0.25) is 4.99 Å². The van der Waals surface area contributed by atoms with Gasteiger partial charge in [-0.05, 0) is 24.5 Å². The molecule has 0 aliphatic carbocycles. The molecule has 0 unspecified atom stereocenters. The molecule has 2 aliphatic heterocycles. The molecule has 0 fully saturated rings. The van der Waals surface area contributed by atoms with Crippen LogP contribution in [0, 0.1) is 0 Å². The van der Waals surface area contributed by atoms with Gasteiger partial charge in [-0.2, -0.15) is 0 Å². The molecule has 0 N–H and O–H groups in total. The number of fused-ring (bicyclic) bond motifs is 2. The maximum absolute atomic E-state index is 4.65. The fraction of sp³-hybridized carbons (Fsp3) is 0.417. The summed E-state index contributed by atoms with van der Waals surface area (Å²) in [6, 6.07) is 8.66. The Labute approximate surface area is 94.4 Å². The highest BCUT2D eigenvalue weighted by molar-refractivity contribution is 8.13. The van der Waals surface area contributed by atoms with Crippen LogP contribution in [0.1, 0.15) is 18.4 Å². The summed E-state index contributed by atoms with van der Waals surface area (Å²) in [5.74, 6) is 0. The van der Waals surface area contributed by atoms with E-state index in [0.717, 1.165) is 13.1 Å². The maximum atomic E-state index is 4.65. The first-order chi connectivity index (χ1) is 7.43. The maximum Gasteiger partial charge on any atom is 0.164 e. The van der Waals surface area contributed by atoms with Crippen molar-refractivity contribution in [3.05, 3.63) is 29.8 Å². The lowest BCUT2D eigenvalue weighted by molar-refractivity contribution is 0.411. The lowest BCUT2D eigenvalue weighted by Crippen LogP contribution is -2.31. The van der Waals surface area contributed by atoms with E-state index in [1.165, 1.54) is 35.0 Å². The number of aliphatic imine (C=N–C) groups is 1. The highest BCUT2D eigenvalue weighted by atomic mass is 32.2. The quantitative estimate of drug-likeness (QED) is 0.665. The fourth-order valence-electron chi connectivity index (χ4n) is 2.07. The lowest BCUT2D eigenvalue weighted by atomic mass is 10.2. The van der Waals surface area contributed by atoms with Gasteiger partial charge in [-0.15, -0.1) is 0 Å². The summed E-state index contributed by atoms with van der Waals surface area (Å²) < 4.78 is 0. The van der Waals surface area contributed by atoms with Crippen LogP contribution in [0.2, 0.25) is 0 Å². The van der Waals surface area contributed by atoms with Crippen LogP contribution in [0.4, 0.5) is 0 Å². The van der Waals surface area contributed by atoms with Gasteiger partial charge in [0.15, 0.2) is 5.17 Å². The van der Waals surface area contributed by atoms with E-state index in [0.29, 0.717) is 0 Å². The summed E-state index contributed by atoms with van der Waals surface area (Å²) in [7, 11) is 0. The smallest absolute Gasteiger partial charge is 0.164 e. The first kappa shape index (κ1) is 9.28. The number of rotatable bonds is 0. The van der Waals surface area contributed by atoms with E-state index in [9.17, 15) is 0 Å². The van der Waals surface area contributed by atoms with Crippen LogP contribution < -0.4 is 0 Å². The van der Waals surface area contributed by atoms with Gasteiger partial charge in [0.1, 0.15) is 0 Å². The van der Waals surface area contributed by atoms with Crippen molar-refractivity contribution in [2.75, 3.05) is 13.1 Å². The molecule has 0 bridgehead atoms. The van der Waals surface area contributed by atoms with Crippen molar-refractivity contribution in [1.82, 2.24) is 4.90 Å². The van der Waals surface area contributed by atoms with Crippen LogP contribution in [0.5, 0.6) is 0 Å². The summed E-state index contributed by atoms with van der Waals surface area (Å²) in [5, 5.41) is 1.23. The van der Waals surface area contributed by atoms with E-state index in [4.69, 9.17) is 0 Å². The largest absolute Gasteiger partial charge is 0.347 e. The SMILES string of the molecule is c1ccc2c(c1)CN1CCCCN=C1S2. The van der Waals surface area contributed by atoms with Gasteiger partial charge in [0.05, 0.1) is 0 Å². The molecule has 0 atom stereocenters. The second-order valence-electron chi connectivity index (χ2n) is 4.00. The minimum Gasteiger partial charge on any atom is -0.347 e. The average Bonchev–Trinajstić information content (AvgIpc) is 2.50. The highest BCUT2D eigenvalue weighted by Gasteiger charge is 2.22. The van der Waals surface area contributed by atoms with Gasteiger partial charge in [-0.1, -0.05) is 30.0 Å². The second-order valence-corrected chi connectivity index (χ2v) is 5.01. The fourth-order valence-corrected chi connectivity index (χ4v) is 3.11. The van der Waals surface area contributed by atoms with Crippen LogP contribution in [-0.4, -0.2) is 23.2 Å². The van der Waals surface area contributed by atoms with Crippen molar-refractivity contribution in [2.45, 2.75) is 24.3 Å². The molecule has 78 valence electrons. The summed E-state index contributed by atoms with van der Waals surface area (Å²) in [5.41, 5.74) is 1.45. The van der Waals surface area contributed by atoms with Crippen molar-refractivity contribution >= 4 is 16.9 Å². The van der Waals surface area contributed by atoms with E-state index < -0.39 is 0 Å². The minimum atomic E-state index is 1.00. The van der Waals surface area contributed by atoms with E-state index in [2.05, 4.69) is 34.2 Å². The molecule has 0 aromatic heterocycles. The molecule has 0 amide bonds. The first-order valence-corrected chi connectivity index (χ1v) is 6.30. The van der Waals surface area contributed by atoms with Crippen LogP contribution in [-0.2, 0) is 6.54 Å². The Morgan fingerprint density at radius 3 is 3.13 bits per heavy atom. The predicted molar refractivity (Wildman–Crippen MR) is 64.2 cm³/mol. The second kappa shape index (κ2) is 3.89. The van der Waals surface area contributed by atoms with E-state index in [-0.39, 0.29) is 0 Å². The Morgan fingerprint density at radius 2 is 2.13 bits per heavy atom. The molecule has 1 aromatic rings. The van der Waals surface area contributed by atoms with Crippen molar-refractivity contribution in [1.29, 1.82) is 0 Å². The number of nitrogens with zero attached hydrogens (tertiary/aromatic N) is 2. The van der Waals surface area contributed by atoms with Gasteiger partial charge in [-0.25, -0.2) is 0 Å². The Balaban J connectivity index is 1.96. The van der Waals surface area contributed by atoms with Crippen LogP contribution >= 0.6 is 11.8 Å². The topological polar surface area (TPSA) is 15.6 Å². The Kier molecular flexibility index (Phi) is 2.41. The van der Waals surface area contributed by atoms with Crippen molar-refractivity contribution in [3.63, 3.8) is 0 Å². The zero-order chi connectivity index (χ0) is 10.1. The molecule has 3 heteroatoms. The average molecular weight is 218 g/mol. The molecule has 0 spiro atoms. The first-order valence-electron chi connectivity index (χ1n) is 5.49. The van der Waals surface area contributed by atoms with Crippen molar-refractivity contribution in [2.24, 2.45) is 4.99 Å². The molecule has 3 rings (SSSR count). The molecule has 0 saturated carbocycles. The van der Waals surface area contributed by atoms with Gasteiger partial charge >= 0.3 is 0 Å². The Hall–Kier alpha value is -0.960. The number of benzene rings is 1. The number of hydrogen-bond acceptors (Lipinski definition) is 3. The van der Waals surface area contributed by atoms with Crippen molar-refractivity contribution in [3.8, 4) is 0 Å². The van der Waals surface area contributed by atoms with E-state index in [1.54, 1.807) is 0 Å². The molecule has 0 saturated heterocycles. The predicted octanol–water partition coefficient (Wildman–Crippen LogP) is 2.74. The minimum absolute atomic E-state index is 1.00. The van der Waals surface area contributed by atoms with Gasteiger partial charge in [0, 0.05) is 24.5 Å². The molecule has 2 nitrogen and oxygen atoms in total. The number of amidine groups is 1. The third-order valence-corrected chi connectivity index (χ3v) is 4.08. The Morgan fingerprint density at radius 1 is 1.20 bits per heavy atom. The van der Waals surface area contributed by atoms with Gasteiger partial charge in [0.25, 0.3) is 0 Å². The monoisotopic (exact) mass is 218 g/mol. The van der Waals surface area contributed by atoms with E-state index >= 15 is 0 Å². The summed E-state index contributed by atoms with van der Waals surface area (Å²) in [6.45, 7) is 3.21. The zero-order valence-corrected chi connectivity index (χ0v) is 9.46. The van der Waals surface area contributed by atoms with Crippen molar-refractivity contribution < 1.29 is 0 Å². The molecule has 15 heavy (non-hydrogen) atoms. The molecule has 2 heterocycles. The Bertz CT molecular complexity index is 400. The zero-order valence-electron chi connectivity index (χ0n) is 8.65.